The van der Waals surface area contributed by atoms with E-state index < -0.39 is 6.10 Å². The number of aliphatic hydroxyl groups excluding tert-OH is 2. The van der Waals surface area contributed by atoms with Gasteiger partial charge in [-0.3, -0.25) is 0 Å². The highest BCUT2D eigenvalue weighted by atomic mass is 16.3. The Labute approximate surface area is 62.9 Å². The molecule has 0 aliphatic heterocycles. The van der Waals surface area contributed by atoms with Gasteiger partial charge in [-0.1, -0.05) is 27.7 Å². The van der Waals surface area contributed by atoms with Crippen molar-refractivity contribution in [2.75, 3.05) is 6.61 Å². The first-order valence-electron chi connectivity index (χ1n) is 3.71. The van der Waals surface area contributed by atoms with Gasteiger partial charge in [0.05, 0.1) is 12.7 Å². The minimum absolute atomic E-state index is 0.148. The molecule has 0 aliphatic rings. The third-order valence-electron chi connectivity index (χ3n) is 2.52. The summed E-state index contributed by atoms with van der Waals surface area (Å²) in [7, 11) is 0. The van der Waals surface area contributed by atoms with Crippen molar-refractivity contribution in [2.45, 2.75) is 33.8 Å². The molecule has 0 rings (SSSR count). The molecule has 2 nitrogen and oxygen atoms in total. The summed E-state index contributed by atoms with van der Waals surface area (Å²) < 4.78 is 0. The molecule has 0 amide bonds. The average Bonchev–Trinajstić information content (AvgIpc) is 1.86. The van der Waals surface area contributed by atoms with E-state index in [1.54, 1.807) is 0 Å². The molecule has 0 saturated carbocycles. The molecule has 2 heteroatoms. The van der Waals surface area contributed by atoms with Gasteiger partial charge < -0.3 is 10.2 Å². The Morgan fingerprint density at radius 1 is 1.30 bits per heavy atom. The Kier molecular flexibility index (Phi) is 3.33. The van der Waals surface area contributed by atoms with Crippen LogP contribution in [0.4, 0.5) is 0 Å². The number of rotatable bonds is 3. The van der Waals surface area contributed by atoms with Crippen LogP contribution in [0.15, 0.2) is 0 Å². The molecule has 0 aliphatic carbocycles. The highest BCUT2D eigenvalue weighted by Crippen LogP contribution is 2.29. The van der Waals surface area contributed by atoms with Gasteiger partial charge in [-0.15, -0.1) is 0 Å². The normalized spacial score (nSPS) is 15.9. The number of hydrogen-bond acceptors (Lipinski definition) is 2. The standard InChI is InChI=1S/C8H18O2/c1-6(2)8(3,4)7(10)5-9/h6-7,9-10H,5H2,1-4H3. The van der Waals surface area contributed by atoms with Crippen molar-refractivity contribution in [2.24, 2.45) is 11.3 Å². The summed E-state index contributed by atoms with van der Waals surface area (Å²) in [6, 6.07) is 0. The molecule has 1 atom stereocenters. The van der Waals surface area contributed by atoms with Gasteiger partial charge in [0, 0.05) is 0 Å². The molecule has 62 valence electrons. The van der Waals surface area contributed by atoms with Crippen molar-refractivity contribution >= 4 is 0 Å². The lowest BCUT2D eigenvalue weighted by Gasteiger charge is -2.33. The largest absolute Gasteiger partial charge is 0.394 e. The molecule has 0 aromatic heterocycles. The molecule has 2 N–H and O–H groups in total. The summed E-state index contributed by atoms with van der Waals surface area (Å²) >= 11 is 0. The fraction of sp³-hybridized carbons (Fsp3) is 1.00. The minimum atomic E-state index is -0.604. The SMILES string of the molecule is CC(C)C(C)(C)C(O)CO. The zero-order valence-corrected chi connectivity index (χ0v) is 7.26. The Morgan fingerprint density at radius 3 is 1.80 bits per heavy atom. The smallest absolute Gasteiger partial charge is 0.0824 e. The van der Waals surface area contributed by atoms with Crippen LogP contribution < -0.4 is 0 Å². The van der Waals surface area contributed by atoms with Crippen LogP contribution in [0.2, 0.25) is 0 Å². The molecular weight excluding hydrogens is 128 g/mol. The van der Waals surface area contributed by atoms with Gasteiger partial charge in [-0.05, 0) is 11.3 Å². The maximum Gasteiger partial charge on any atom is 0.0824 e. The third kappa shape index (κ3) is 1.96. The van der Waals surface area contributed by atoms with E-state index in [1.807, 2.05) is 27.7 Å². The quantitative estimate of drug-likeness (QED) is 0.624. The second-order valence-corrected chi connectivity index (χ2v) is 3.67. The van der Waals surface area contributed by atoms with Crippen LogP contribution in [0.25, 0.3) is 0 Å². The molecule has 0 fully saturated rings. The van der Waals surface area contributed by atoms with Crippen molar-refractivity contribution in [3.8, 4) is 0 Å². The minimum Gasteiger partial charge on any atom is -0.394 e. The molecular formula is C8H18O2. The van der Waals surface area contributed by atoms with E-state index in [4.69, 9.17) is 5.11 Å². The topological polar surface area (TPSA) is 40.5 Å². The van der Waals surface area contributed by atoms with Gasteiger partial charge in [0.15, 0.2) is 0 Å². The summed E-state index contributed by atoms with van der Waals surface area (Å²) in [6.07, 6.45) is -0.604. The lowest BCUT2D eigenvalue weighted by atomic mass is 9.76. The van der Waals surface area contributed by atoms with Crippen LogP contribution in [0, 0.1) is 11.3 Å². The van der Waals surface area contributed by atoms with E-state index in [1.165, 1.54) is 0 Å². The number of hydrogen-bond donors (Lipinski definition) is 2. The van der Waals surface area contributed by atoms with Crippen LogP contribution >= 0.6 is 0 Å². The summed E-state index contributed by atoms with van der Waals surface area (Å²) in [6.45, 7) is 7.85. The average molecular weight is 146 g/mol. The fourth-order valence-corrected chi connectivity index (χ4v) is 0.620. The Morgan fingerprint density at radius 2 is 1.70 bits per heavy atom. The van der Waals surface area contributed by atoms with Crippen molar-refractivity contribution in [3.05, 3.63) is 0 Å². The molecule has 0 spiro atoms. The Balaban J connectivity index is 4.09. The fourth-order valence-electron chi connectivity index (χ4n) is 0.620. The highest BCUT2D eigenvalue weighted by Gasteiger charge is 2.30. The zero-order chi connectivity index (χ0) is 8.36. The first kappa shape index (κ1) is 9.92. The van der Waals surface area contributed by atoms with Gasteiger partial charge in [-0.2, -0.15) is 0 Å². The maximum absolute atomic E-state index is 9.31. The highest BCUT2D eigenvalue weighted by molar-refractivity contribution is 4.79. The lowest BCUT2D eigenvalue weighted by Crippen LogP contribution is -2.36. The molecule has 0 radical (unpaired) electrons. The molecule has 0 saturated heterocycles. The van der Waals surface area contributed by atoms with Crippen molar-refractivity contribution in [1.29, 1.82) is 0 Å². The summed E-state index contributed by atoms with van der Waals surface area (Å²) in [5.74, 6) is 0.384. The van der Waals surface area contributed by atoms with Gasteiger partial charge in [-0.25, -0.2) is 0 Å². The van der Waals surface area contributed by atoms with Gasteiger partial charge in [0.1, 0.15) is 0 Å². The molecule has 10 heavy (non-hydrogen) atoms. The monoisotopic (exact) mass is 146 g/mol. The van der Waals surface area contributed by atoms with E-state index in [0.29, 0.717) is 5.92 Å². The van der Waals surface area contributed by atoms with E-state index in [9.17, 15) is 5.11 Å². The van der Waals surface area contributed by atoms with Crippen LogP contribution in [0.1, 0.15) is 27.7 Å². The second-order valence-electron chi connectivity index (χ2n) is 3.67. The van der Waals surface area contributed by atoms with Gasteiger partial charge >= 0.3 is 0 Å². The Hall–Kier alpha value is -0.0800. The van der Waals surface area contributed by atoms with E-state index >= 15 is 0 Å². The van der Waals surface area contributed by atoms with E-state index in [2.05, 4.69) is 0 Å². The lowest BCUT2D eigenvalue weighted by molar-refractivity contribution is -0.0209. The van der Waals surface area contributed by atoms with Crippen molar-refractivity contribution in [3.63, 3.8) is 0 Å². The number of aliphatic hydroxyl groups is 2. The molecule has 1 unspecified atom stereocenters. The Bertz CT molecular complexity index is 97.4. The predicted octanol–water partition coefficient (Wildman–Crippen LogP) is 1.02. The molecule has 0 aromatic carbocycles. The zero-order valence-electron chi connectivity index (χ0n) is 7.26. The molecule has 0 heterocycles. The van der Waals surface area contributed by atoms with Crippen molar-refractivity contribution < 1.29 is 10.2 Å². The van der Waals surface area contributed by atoms with E-state index in [0.717, 1.165) is 0 Å². The molecule has 0 bridgehead atoms. The maximum atomic E-state index is 9.31. The first-order valence-corrected chi connectivity index (χ1v) is 3.71. The van der Waals surface area contributed by atoms with Crippen LogP contribution in [0.3, 0.4) is 0 Å². The van der Waals surface area contributed by atoms with Gasteiger partial charge in [0.25, 0.3) is 0 Å². The summed E-state index contributed by atoms with van der Waals surface area (Å²) in [5.41, 5.74) is -0.186. The van der Waals surface area contributed by atoms with Gasteiger partial charge in [0.2, 0.25) is 0 Å². The summed E-state index contributed by atoms with van der Waals surface area (Å²) in [4.78, 5) is 0. The predicted molar refractivity (Wildman–Crippen MR) is 41.7 cm³/mol. The van der Waals surface area contributed by atoms with Crippen LogP contribution in [-0.2, 0) is 0 Å². The molecule has 0 aromatic rings. The van der Waals surface area contributed by atoms with E-state index in [-0.39, 0.29) is 12.0 Å². The van der Waals surface area contributed by atoms with Crippen molar-refractivity contribution in [1.82, 2.24) is 0 Å². The summed E-state index contributed by atoms with van der Waals surface area (Å²) in [5, 5.41) is 18.0. The van der Waals surface area contributed by atoms with Crippen LogP contribution in [-0.4, -0.2) is 22.9 Å². The van der Waals surface area contributed by atoms with Crippen LogP contribution in [0.5, 0.6) is 0 Å². The third-order valence-corrected chi connectivity index (χ3v) is 2.52. The first-order chi connectivity index (χ1) is 4.42. The second kappa shape index (κ2) is 3.35.